The molecule has 0 aromatic heterocycles. The molecule has 0 aliphatic heterocycles. The first-order valence-corrected chi connectivity index (χ1v) is 7.31. The molecule has 6 heteroatoms. The van der Waals surface area contributed by atoms with Crippen molar-refractivity contribution in [1.29, 1.82) is 5.26 Å². The second kappa shape index (κ2) is 8.41. The van der Waals surface area contributed by atoms with Crippen molar-refractivity contribution in [3.05, 3.63) is 53.6 Å². The molecule has 2 aromatic carbocycles. The van der Waals surface area contributed by atoms with Crippen LogP contribution in [0.2, 0.25) is 0 Å². The van der Waals surface area contributed by atoms with Crippen LogP contribution in [0.5, 0.6) is 23.0 Å². The highest BCUT2D eigenvalue weighted by Crippen LogP contribution is 2.31. The number of rotatable bonds is 6. The van der Waals surface area contributed by atoms with E-state index in [1.54, 1.807) is 36.4 Å². The number of benzene rings is 2. The van der Waals surface area contributed by atoms with E-state index in [0.717, 1.165) is 5.56 Å². The zero-order valence-corrected chi connectivity index (χ0v) is 14.1. The van der Waals surface area contributed by atoms with Crippen LogP contribution < -0.4 is 18.9 Å². The molecule has 0 radical (unpaired) electrons. The third-order valence-corrected chi connectivity index (χ3v) is 3.36. The fourth-order valence-corrected chi connectivity index (χ4v) is 2.13. The minimum atomic E-state index is -0.556. The van der Waals surface area contributed by atoms with Crippen LogP contribution in [-0.4, -0.2) is 27.3 Å². The molecule has 2 rings (SSSR count). The van der Waals surface area contributed by atoms with Gasteiger partial charge < -0.3 is 18.9 Å². The number of nitriles is 1. The van der Waals surface area contributed by atoms with E-state index in [1.165, 1.54) is 33.5 Å². The van der Waals surface area contributed by atoms with Gasteiger partial charge in [0.05, 0.1) is 33.0 Å². The van der Waals surface area contributed by atoms with Crippen molar-refractivity contribution in [3.63, 3.8) is 0 Å². The lowest BCUT2D eigenvalue weighted by Crippen LogP contribution is -2.09. The van der Waals surface area contributed by atoms with Crippen LogP contribution in [0.1, 0.15) is 15.9 Å². The molecule has 2 aromatic rings. The molecule has 0 spiro atoms. The number of carbonyl (C=O) groups excluding carboxylic acids is 1. The second-order valence-electron chi connectivity index (χ2n) is 4.83. The highest BCUT2D eigenvalue weighted by molar-refractivity contribution is 5.92. The van der Waals surface area contributed by atoms with Gasteiger partial charge in [-0.25, -0.2) is 4.79 Å². The number of esters is 1. The maximum absolute atomic E-state index is 12.4. The number of hydrogen-bond donors (Lipinski definition) is 0. The topological polar surface area (TPSA) is 77.8 Å². The molecule has 0 heterocycles. The van der Waals surface area contributed by atoms with E-state index in [4.69, 9.17) is 24.2 Å². The smallest absolute Gasteiger partial charge is 0.343 e. The van der Waals surface area contributed by atoms with Crippen LogP contribution in [0.3, 0.4) is 0 Å². The van der Waals surface area contributed by atoms with Crippen molar-refractivity contribution in [2.45, 2.75) is 0 Å². The average molecular weight is 339 g/mol. The summed E-state index contributed by atoms with van der Waals surface area (Å²) in [5.74, 6) is 1.05. The van der Waals surface area contributed by atoms with Crippen LogP contribution in [-0.2, 0) is 0 Å². The summed E-state index contributed by atoms with van der Waals surface area (Å²) in [6.45, 7) is 0. The molecule has 0 aliphatic rings. The average Bonchev–Trinajstić information content (AvgIpc) is 2.66. The van der Waals surface area contributed by atoms with Gasteiger partial charge in [0, 0.05) is 6.08 Å². The molecule has 25 heavy (non-hydrogen) atoms. The maximum Gasteiger partial charge on any atom is 0.343 e. The predicted molar refractivity (Wildman–Crippen MR) is 92.1 cm³/mol. The molecule has 0 amide bonds. The molecular weight excluding hydrogens is 322 g/mol. The van der Waals surface area contributed by atoms with Gasteiger partial charge in [0.2, 0.25) is 0 Å². The molecule has 0 atom stereocenters. The van der Waals surface area contributed by atoms with Gasteiger partial charge in [-0.05, 0) is 42.0 Å². The molecular formula is C19H17NO5. The lowest BCUT2D eigenvalue weighted by Gasteiger charge is -2.11. The summed E-state index contributed by atoms with van der Waals surface area (Å²) in [5, 5.41) is 8.58. The largest absolute Gasteiger partial charge is 0.493 e. The molecule has 0 unspecified atom stereocenters. The fourth-order valence-electron chi connectivity index (χ4n) is 2.13. The molecule has 6 nitrogen and oxygen atoms in total. The van der Waals surface area contributed by atoms with Gasteiger partial charge in [-0.1, -0.05) is 6.07 Å². The third kappa shape index (κ3) is 4.30. The van der Waals surface area contributed by atoms with Crippen molar-refractivity contribution < 1.29 is 23.7 Å². The Balaban J connectivity index is 2.25. The summed E-state index contributed by atoms with van der Waals surface area (Å²) < 4.78 is 21.0. The van der Waals surface area contributed by atoms with Gasteiger partial charge in [-0.15, -0.1) is 0 Å². The van der Waals surface area contributed by atoms with Crippen molar-refractivity contribution in [3.8, 4) is 29.1 Å². The van der Waals surface area contributed by atoms with Crippen LogP contribution in [0.25, 0.3) is 6.08 Å². The number of carbonyl (C=O) groups is 1. The molecule has 128 valence electrons. The number of allylic oxidation sites excluding steroid dienone is 1. The van der Waals surface area contributed by atoms with E-state index in [0.29, 0.717) is 22.8 Å². The van der Waals surface area contributed by atoms with Gasteiger partial charge in [0.15, 0.2) is 23.0 Å². The number of methoxy groups -OCH3 is 3. The molecule has 0 saturated heterocycles. The Morgan fingerprint density at radius 1 is 0.920 bits per heavy atom. The van der Waals surface area contributed by atoms with Gasteiger partial charge in [-0.2, -0.15) is 5.26 Å². The Labute approximate surface area is 145 Å². The minimum Gasteiger partial charge on any atom is -0.493 e. The lowest BCUT2D eigenvalue weighted by atomic mass is 10.2. The molecule has 0 bridgehead atoms. The first kappa shape index (κ1) is 17.9. The second-order valence-corrected chi connectivity index (χ2v) is 4.83. The Morgan fingerprint density at radius 2 is 1.56 bits per heavy atom. The summed E-state index contributed by atoms with van der Waals surface area (Å²) in [6.07, 6.45) is 2.98. The molecule has 0 aliphatic carbocycles. The zero-order chi connectivity index (χ0) is 18.2. The Kier molecular flexibility index (Phi) is 6.02. The number of nitrogens with zero attached hydrogens (tertiary/aromatic N) is 1. The first-order chi connectivity index (χ1) is 12.1. The van der Waals surface area contributed by atoms with E-state index >= 15 is 0 Å². The van der Waals surface area contributed by atoms with Gasteiger partial charge >= 0.3 is 5.97 Å². The van der Waals surface area contributed by atoms with E-state index < -0.39 is 5.97 Å². The fraction of sp³-hybridized carbons (Fsp3) is 0.158. The SMILES string of the molecule is COc1ccc(C(=O)Oc2ccc(/C=C\C#N)cc2OC)cc1OC. The predicted octanol–water partition coefficient (Wildman–Crippen LogP) is 3.47. The van der Waals surface area contributed by atoms with Crippen LogP contribution in [0.4, 0.5) is 0 Å². The van der Waals surface area contributed by atoms with E-state index in [-0.39, 0.29) is 5.75 Å². The van der Waals surface area contributed by atoms with Crippen LogP contribution in [0.15, 0.2) is 42.5 Å². The normalized spacial score (nSPS) is 10.2. The summed E-state index contributed by atoms with van der Waals surface area (Å²) in [7, 11) is 4.48. The van der Waals surface area contributed by atoms with E-state index in [1.807, 2.05) is 6.07 Å². The van der Waals surface area contributed by atoms with Crippen molar-refractivity contribution in [2.24, 2.45) is 0 Å². The summed E-state index contributed by atoms with van der Waals surface area (Å²) in [4.78, 5) is 12.4. The third-order valence-electron chi connectivity index (χ3n) is 3.36. The highest BCUT2D eigenvalue weighted by Gasteiger charge is 2.15. The zero-order valence-electron chi connectivity index (χ0n) is 14.1. The van der Waals surface area contributed by atoms with E-state index in [9.17, 15) is 4.79 Å². The Hall–Kier alpha value is -3.46. The van der Waals surface area contributed by atoms with Crippen LogP contribution in [0, 0.1) is 11.3 Å². The van der Waals surface area contributed by atoms with Crippen molar-refractivity contribution >= 4 is 12.0 Å². The van der Waals surface area contributed by atoms with Gasteiger partial charge in [0.1, 0.15) is 0 Å². The van der Waals surface area contributed by atoms with Gasteiger partial charge in [0.25, 0.3) is 0 Å². The summed E-state index contributed by atoms with van der Waals surface area (Å²) in [6, 6.07) is 11.7. The quantitative estimate of drug-likeness (QED) is 0.455. The lowest BCUT2D eigenvalue weighted by molar-refractivity contribution is 0.0729. The molecule has 0 N–H and O–H groups in total. The Bertz CT molecular complexity index is 836. The maximum atomic E-state index is 12.4. The number of hydrogen-bond acceptors (Lipinski definition) is 6. The molecule has 0 fully saturated rings. The summed E-state index contributed by atoms with van der Waals surface area (Å²) >= 11 is 0. The Morgan fingerprint density at radius 3 is 2.20 bits per heavy atom. The van der Waals surface area contributed by atoms with E-state index in [2.05, 4.69) is 0 Å². The highest BCUT2D eigenvalue weighted by atomic mass is 16.6. The first-order valence-electron chi connectivity index (χ1n) is 7.31. The number of ether oxygens (including phenoxy) is 4. The van der Waals surface area contributed by atoms with Crippen LogP contribution >= 0.6 is 0 Å². The summed E-state index contributed by atoms with van der Waals surface area (Å²) in [5.41, 5.74) is 1.07. The molecule has 0 saturated carbocycles. The standard InChI is InChI=1S/C19H17NO5/c1-22-15-9-7-14(12-18(15)24-3)19(21)25-16-8-6-13(5-4-10-20)11-17(16)23-2/h4-9,11-12H,1-3H3/b5-4-. The monoisotopic (exact) mass is 339 g/mol. The minimum absolute atomic E-state index is 0.274. The van der Waals surface area contributed by atoms with Crippen molar-refractivity contribution in [2.75, 3.05) is 21.3 Å². The van der Waals surface area contributed by atoms with Gasteiger partial charge in [-0.3, -0.25) is 0 Å². The van der Waals surface area contributed by atoms with Crippen molar-refractivity contribution in [1.82, 2.24) is 0 Å².